The molecule has 0 aromatic carbocycles. The monoisotopic (exact) mass is 362 g/mol. The van der Waals surface area contributed by atoms with E-state index in [1.165, 1.54) is 19.3 Å². The molecule has 0 radical (unpaired) electrons. The molecule has 1 saturated carbocycles. The Morgan fingerprint density at radius 3 is 2.00 bits per heavy atom. The Hall–Kier alpha value is 1.40. The van der Waals surface area contributed by atoms with Crippen LogP contribution in [0.1, 0.15) is 32.1 Å². The first kappa shape index (κ1) is 11.5. The molecule has 0 saturated heterocycles. The number of halogens is 3. The SMILES string of the molecule is O[C@@H](C1CCCCC1)C(Br)(Br)Br. The van der Waals surface area contributed by atoms with Crippen molar-refractivity contribution in [1.29, 1.82) is 0 Å². The zero-order chi connectivity index (χ0) is 9.19. The summed E-state index contributed by atoms with van der Waals surface area (Å²) in [6, 6.07) is 0. The Labute approximate surface area is 98.7 Å². The lowest BCUT2D eigenvalue weighted by molar-refractivity contribution is 0.0965. The summed E-state index contributed by atoms with van der Waals surface area (Å²) in [4.78, 5) is 0. The molecule has 0 amide bonds. The summed E-state index contributed by atoms with van der Waals surface area (Å²) in [7, 11) is 0. The zero-order valence-electron chi connectivity index (χ0n) is 6.77. The standard InChI is InChI=1S/C8H13Br3O/c9-8(10,11)7(12)6-4-2-1-3-5-6/h6-7,12H,1-5H2/t7-/m0/s1. The van der Waals surface area contributed by atoms with E-state index in [4.69, 9.17) is 0 Å². The third-order valence-corrected chi connectivity index (χ3v) is 3.84. The molecule has 1 aliphatic rings. The summed E-state index contributed by atoms with van der Waals surface area (Å²) < 4.78 is -0.491. The fourth-order valence-corrected chi connectivity index (χ4v) is 2.84. The van der Waals surface area contributed by atoms with Crippen molar-refractivity contribution in [3.05, 3.63) is 0 Å². The fourth-order valence-electron chi connectivity index (χ4n) is 1.72. The first-order valence-electron chi connectivity index (χ1n) is 4.26. The molecule has 0 aromatic rings. The van der Waals surface area contributed by atoms with Crippen molar-refractivity contribution in [3.8, 4) is 0 Å². The van der Waals surface area contributed by atoms with Crippen molar-refractivity contribution in [2.45, 2.75) is 40.4 Å². The first-order valence-corrected chi connectivity index (χ1v) is 6.64. The summed E-state index contributed by atoms with van der Waals surface area (Å²) in [5, 5.41) is 9.87. The topological polar surface area (TPSA) is 20.2 Å². The average Bonchev–Trinajstić information content (AvgIpc) is 2.03. The van der Waals surface area contributed by atoms with E-state index >= 15 is 0 Å². The Morgan fingerprint density at radius 2 is 1.58 bits per heavy atom. The molecule has 0 aliphatic heterocycles. The summed E-state index contributed by atoms with van der Waals surface area (Å²) in [6.07, 6.45) is 5.77. The van der Waals surface area contributed by atoms with Gasteiger partial charge in [-0.05, 0) is 18.8 Å². The van der Waals surface area contributed by atoms with Crippen LogP contribution in [-0.4, -0.2) is 13.4 Å². The number of hydrogen-bond acceptors (Lipinski definition) is 1. The highest BCUT2D eigenvalue weighted by Crippen LogP contribution is 2.43. The van der Waals surface area contributed by atoms with Gasteiger partial charge in [-0.15, -0.1) is 0 Å². The number of aliphatic hydroxyl groups excluding tert-OH is 1. The van der Waals surface area contributed by atoms with Crippen molar-refractivity contribution in [2.75, 3.05) is 0 Å². The van der Waals surface area contributed by atoms with Crippen LogP contribution in [0, 0.1) is 5.92 Å². The minimum absolute atomic E-state index is 0.349. The van der Waals surface area contributed by atoms with Crippen LogP contribution in [0.4, 0.5) is 0 Å². The maximum Gasteiger partial charge on any atom is 0.160 e. The molecule has 0 aromatic heterocycles. The first-order chi connectivity index (χ1) is 5.52. The maximum atomic E-state index is 9.87. The maximum absolute atomic E-state index is 9.87. The molecule has 1 nitrogen and oxygen atoms in total. The zero-order valence-corrected chi connectivity index (χ0v) is 11.5. The lowest BCUT2D eigenvalue weighted by Crippen LogP contribution is -2.33. The highest BCUT2D eigenvalue weighted by Gasteiger charge is 2.35. The van der Waals surface area contributed by atoms with Gasteiger partial charge in [-0.3, -0.25) is 0 Å². The van der Waals surface area contributed by atoms with Crippen molar-refractivity contribution in [2.24, 2.45) is 5.92 Å². The molecule has 0 heterocycles. The van der Waals surface area contributed by atoms with Crippen LogP contribution >= 0.6 is 47.8 Å². The van der Waals surface area contributed by atoms with Crippen molar-refractivity contribution in [3.63, 3.8) is 0 Å². The van der Waals surface area contributed by atoms with E-state index in [-0.39, 0.29) is 6.10 Å². The van der Waals surface area contributed by atoms with E-state index in [1.54, 1.807) is 0 Å². The Morgan fingerprint density at radius 1 is 1.08 bits per heavy atom. The summed E-state index contributed by atoms with van der Waals surface area (Å²) in [5.41, 5.74) is 0. The Kier molecular flexibility index (Phi) is 4.55. The minimum atomic E-state index is -0.491. The lowest BCUT2D eigenvalue weighted by Gasteiger charge is -2.31. The van der Waals surface area contributed by atoms with E-state index in [9.17, 15) is 5.11 Å². The van der Waals surface area contributed by atoms with Gasteiger partial charge in [-0.2, -0.15) is 0 Å². The number of aliphatic hydroxyl groups is 1. The second-order valence-electron chi connectivity index (χ2n) is 3.38. The van der Waals surface area contributed by atoms with E-state index in [2.05, 4.69) is 47.8 Å². The molecule has 1 atom stereocenters. The van der Waals surface area contributed by atoms with E-state index in [0.717, 1.165) is 12.8 Å². The highest BCUT2D eigenvalue weighted by molar-refractivity contribution is 9.39. The van der Waals surface area contributed by atoms with Gasteiger partial charge in [0.05, 0.1) is 6.10 Å². The molecule has 0 bridgehead atoms. The van der Waals surface area contributed by atoms with Crippen LogP contribution in [0.5, 0.6) is 0 Å². The Balaban J connectivity index is 2.45. The molecule has 72 valence electrons. The molecule has 1 aliphatic carbocycles. The molecule has 1 N–H and O–H groups in total. The van der Waals surface area contributed by atoms with Gasteiger partial charge in [0.25, 0.3) is 0 Å². The molecule has 12 heavy (non-hydrogen) atoms. The number of hydrogen-bond donors (Lipinski definition) is 1. The average molecular weight is 365 g/mol. The quantitative estimate of drug-likeness (QED) is 0.702. The fraction of sp³-hybridized carbons (Fsp3) is 1.00. The second-order valence-corrected chi connectivity index (χ2v) is 10.3. The molecule has 4 heteroatoms. The van der Waals surface area contributed by atoms with E-state index in [1.807, 2.05) is 0 Å². The molecular weight excluding hydrogens is 352 g/mol. The molecule has 0 spiro atoms. The smallest absolute Gasteiger partial charge is 0.160 e. The largest absolute Gasteiger partial charge is 0.390 e. The summed E-state index contributed by atoms with van der Waals surface area (Å²) >= 11 is 10.1. The predicted octanol–water partition coefficient (Wildman–Crippen LogP) is 3.77. The highest BCUT2D eigenvalue weighted by atomic mass is 80.0. The van der Waals surface area contributed by atoms with E-state index in [0.29, 0.717) is 5.92 Å². The van der Waals surface area contributed by atoms with Crippen molar-refractivity contribution in [1.82, 2.24) is 0 Å². The van der Waals surface area contributed by atoms with Crippen LogP contribution < -0.4 is 0 Å². The summed E-state index contributed by atoms with van der Waals surface area (Å²) in [5.74, 6) is 0.428. The molecule has 1 rings (SSSR count). The Bertz CT molecular complexity index is 138. The van der Waals surface area contributed by atoms with Crippen LogP contribution in [0.2, 0.25) is 0 Å². The van der Waals surface area contributed by atoms with Crippen molar-refractivity contribution < 1.29 is 5.11 Å². The normalized spacial score (nSPS) is 24.0. The molecule has 1 fully saturated rings. The summed E-state index contributed by atoms with van der Waals surface area (Å²) in [6.45, 7) is 0. The van der Waals surface area contributed by atoms with Gasteiger partial charge in [0.1, 0.15) is 0 Å². The van der Waals surface area contributed by atoms with Gasteiger partial charge < -0.3 is 5.11 Å². The minimum Gasteiger partial charge on any atom is -0.390 e. The number of rotatable bonds is 1. The molecule has 0 unspecified atom stereocenters. The van der Waals surface area contributed by atoms with Gasteiger partial charge in [0.2, 0.25) is 0 Å². The van der Waals surface area contributed by atoms with Crippen LogP contribution in [0.15, 0.2) is 0 Å². The van der Waals surface area contributed by atoms with Gasteiger partial charge in [0, 0.05) is 0 Å². The van der Waals surface area contributed by atoms with Crippen molar-refractivity contribution >= 4 is 47.8 Å². The second kappa shape index (κ2) is 4.76. The van der Waals surface area contributed by atoms with Gasteiger partial charge >= 0.3 is 0 Å². The third kappa shape index (κ3) is 3.28. The van der Waals surface area contributed by atoms with Gasteiger partial charge in [-0.1, -0.05) is 67.1 Å². The predicted molar refractivity (Wildman–Crippen MR) is 62.1 cm³/mol. The van der Waals surface area contributed by atoms with Crippen LogP contribution in [-0.2, 0) is 0 Å². The number of alkyl halides is 3. The van der Waals surface area contributed by atoms with Crippen LogP contribution in [0.25, 0.3) is 0 Å². The van der Waals surface area contributed by atoms with Gasteiger partial charge in [-0.25, -0.2) is 0 Å². The van der Waals surface area contributed by atoms with Gasteiger partial charge in [0.15, 0.2) is 2.14 Å². The van der Waals surface area contributed by atoms with Crippen LogP contribution in [0.3, 0.4) is 0 Å². The van der Waals surface area contributed by atoms with E-state index < -0.39 is 2.14 Å². The third-order valence-electron chi connectivity index (χ3n) is 2.43. The molecular formula is C8H13Br3O. The lowest BCUT2D eigenvalue weighted by atomic mass is 9.86.